The molecule has 13 heavy (non-hydrogen) atoms. The fourth-order valence-electron chi connectivity index (χ4n) is 1.22. The van der Waals surface area contributed by atoms with Crippen LogP contribution in [-0.2, 0) is 0 Å². The van der Waals surface area contributed by atoms with E-state index in [1.807, 2.05) is 18.2 Å². The van der Waals surface area contributed by atoms with Gasteiger partial charge in [0.2, 0.25) is 0 Å². The highest BCUT2D eigenvalue weighted by molar-refractivity contribution is 8.00. The standard InChI is InChI=1S/C11H16OS/c1-9(2)13-11(8-12)10-6-4-3-5-7-10/h3-7,9,11-12H,8H2,1-2H3. The van der Waals surface area contributed by atoms with Crippen molar-refractivity contribution >= 4 is 11.8 Å². The summed E-state index contributed by atoms with van der Waals surface area (Å²) in [6, 6.07) is 10.2. The first-order valence-electron chi connectivity index (χ1n) is 4.55. The van der Waals surface area contributed by atoms with Gasteiger partial charge >= 0.3 is 0 Å². The molecule has 0 saturated carbocycles. The van der Waals surface area contributed by atoms with Gasteiger partial charge in [-0.25, -0.2) is 0 Å². The number of aliphatic hydroxyl groups excluding tert-OH is 1. The van der Waals surface area contributed by atoms with Crippen LogP contribution in [0.5, 0.6) is 0 Å². The molecule has 0 radical (unpaired) electrons. The van der Waals surface area contributed by atoms with Crippen LogP contribution in [0.25, 0.3) is 0 Å². The molecule has 1 atom stereocenters. The molecular formula is C11H16OS. The predicted octanol–water partition coefficient (Wildman–Crippen LogP) is 2.86. The second-order valence-electron chi connectivity index (χ2n) is 3.27. The Hall–Kier alpha value is -0.470. The van der Waals surface area contributed by atoms with E-state index in [2.05, 4.69) is 26.0 Å². The third kappa shape index (κ3) is 3.41. The molecule has 0 bridgehead atoms. The quantitative estimate of drug-likeness (QED) is 0.799. The van der Waals surface area contributed by atoms with Crippen molar-refractivity contribution in [2.24, 2.45) is 0 Å². The lowest BCUT2D eigenvalue weighted by atomic mass is 10.2. The van der Waals surface area contributed by atoms with Gasteiger partial charge in [0.05, 0.1) is 11.9 Å². The summed E-state index contributed by atoms with van der Waals surface area (Å²) in [5, 5.41) is 9.98. The van der Waals surface area contributed by atoms with E-state index >= 15 is 0 Å². The molecule has 1 N–H and O–H groups in total. The zero-order valence-electron chi connectivity index (χ0n) is 8.10. The molecule has 1 unspecified atom stereocenters. The van der Waals surface area contributed by atoms with Crippen LogP contribution >= 0.6 is 11.8 Å². The molecule has 0 saturated heterocycles. The van der Waals surface area contributed by atoms with E-state index in [0.717, 1.165) is 0 Å². The van der Waals surface area contributed by atoms with Gasteiger partial charge in [0.1, 0.15) is 0 Å². The minimum absolute atomic E-state index is 0.215. The van der Waals surface area contributed by atoms with Crippen molar-refractivity contribution in [3.05, 3.63) is 35.9 Å². The highest BCUT2D eigenvalue weighted by atomic mass is 32.2. The fourth-order valence-corrected chi connectivity index (χ4v) is 2.28. The lowest BCUT2D eigenvalue weighted by molar-refractivity contribution is 0.296. The van der Waals surface area contributed by atoms with Gasteiger partial charge in [0.15, 0.2) is 0 Å². The summed E-state index contributed by atoms with van der Waals surface area (Å²) in [5.41, 5.74) is 1.21. The number of hydrogen-bond donors (Lipinski definition) is 1. The molecular weight excluding hydrogens is 180 g/mol. The van der Waals surface area contributed by atoms with Crippen molar-refractivity contribution in [1.29, 1.82) is 0 Å². The zero-order chi connectivity index (χ0) is 9.68. The predicted molar refractivity (Wildman–Crippen MR) is 59.0 cm³/mol. The van der Waals surface area contributed by atoms with Gasteiger partial charge < -0.3 is 5.11 Å². The largest absolute Gasteiger partial charge is 0.395 e. The van der Waals surface area contributed by atoms with E-state index in [9.17, 15) is 5.11 Å². The molecule has 0 aliphatic rings. The minimum Gasteiger partial charge on any atom is -0.395 e. The van der Waals surface area contributed by atoms with Crippen LogP contribution in [-0.4, -0.2) is 17.0 Å². The van der Waals surface area contributed by atoms with Crippen LogP contribution in [0.2, 0.25) is 0 Å². The highest BCUT2D eigenvalue weighted by Crippen LogP contribution is 2.31. The Morgan fingerprint density at radius 1 is 1.23 bits per heavy atom. The summed E-state index contributed by atoms with van der Waals surface area (Å²) in [5.74, 6) is 0. The molecule has 0 aliphatic carbocycles. The molecule has 0 fully saturated rings. The fraction of sp³-hybridized carbons (Fsp3) is 0.455. The number of thioether (sulfide) groups is 1. The molecule has 72 valence electrons. The number of hydrogen-bond acceptors (Lipinski definition) is 2. The Labute approximate surface area is 84.2 Å². The number of rotatable bonds is 4. The van der Waals surface area contributed by atoms with Crippen molar-refractivity contribution in [2.45, 2.75) is 24.3 Å². The van der Waals surface area contributed by atoms with Crippen LogP contribution < -0.4 is 0 Å². The maximum atomic E-state index is 9.21. The Kier molecular flexibility index (Phi) is 4.33. The Morgan fingerprint density at radius 3 is 2.31 bits per heavy atom. The molecule has 1 aromatic rings. The molecule has 1 nitrogen and oxygen atoms in total. The van der Waals surface area contributed by atoms with Crippen molar-refractivity contribution in [3.8, 4) is 0 Å². The SMILES string of the molecule is CC(C)SC(CO)c1ccccc1. The van der Waals surface area contributed by atoms with Crippen LogP contribution in [0.3, 0.4) is 0 Å². The van der Waals surface area contributed by atoms with Gasteiger partial charge in [-0.3, -0.25) is 0 Å². The molecule has 1 aromatic carbocycles. The van der Waals surface area contributed by atoms with Crippen molar-refractivity contribution in [2.75, 3.05) is 6.61 Å². The van der Waals surface area contributed by atoms with E-state index in [1.54, 1.807) is 11.8 Å². The third-order valence-electron chi connectivity index (χ3n) is 1.77. The highest BCUT2D eigenvalue weighted by Gasteiger charge is 2.11. The summed E-state index contributed by atoms with van der Waals surface area (Å²) in [6.07, 6.45) is 0. The molecule has 0 heterocycles. The van der Waals surface area contributed by atoms with E-state index in [4.69, 9.17) is 0 Å². The van der Waals surface area contributed by atoms with Gasteiger partial charge in [-0.05, 0) is 10.8 Å². The molecule has 0 amide bonds. The maximum Gasteiger partial charge on any atom is 0.0591 e. The molecule has 0 aliphatic heterocycles. The van der Waals surface area contributed by atoms with Gasteiger partial charge in [-0.15, -0.1) is 11.8 Å². The normalized spacial score (nSPS) is 13.2. The number of aliphatic hydroxyl groups is 1. The summed E-state index contributed by atoms with van der Waals surface area (Å²) >= 11 is 1.80. The van der Waals surface area contributed by atoms with Crippen molar-refractivity contribution in [3.63, 3.8) is 0 Å². The molecule has 2 heteroatoms. The third-order valence-corrected chi connectivity index (χ3v) is 3.07. The van der Waals surface area contributed by atoms with Gasteiger partial charge in [-0.2, -0.15) is 0 Å². The summed E-state index contributed by atoms with van der Waals surface area (Å²) in [4.78, 5) is 0. The van der Waals surface area contributed by atoms with E-state index in [1.165, 1.54) is 5.56 Å². The monoisotopic (exact) mass is 196 g/mol. The second-order valence-corrected chi connectivity index (χ2v) is 5.05. The first-order chi connectivity index (χ1) is 6.24. The lowest BCUT2D eigenvalue weighted by Crippen LogP contribution is -2.03. The Morgan fingerprint density at radius 2 is 1.85 bits per heavy atom. The summed E-state index contributed by atoms with van der Waals surface area (Å²) in [6.45, 7) is 4.51. The zero-order valence-corrected chi connectivity index (χ0v) is 8.92. The summed E-state index contributed by atoms with van der Waals surface area (Å²) in [7, 11) is 0. The first-order valence-corrected chi connectivity index (χ1v) is 5.49. The van der Waals surface area contributed by atoms with Crippen LogP contribution in [0.1, 0.15) is 24.7 Å². The van der Waals surface area contributed by atoms with Crippen LogP contribution in [0.15, 0.2) is 30.3 Å². The average molecular weight is 196 g/mol. The van der Waals surface area contributed by atoms with E-state index < -0.39 is 0 Å². The topological polar surface area (TPSA) is 20.2 Å². The lowest BCUT2D eigenvalue weighted by Gasteiger charge is -2.16. The van der Waals surface area contributed by atoms with E-state index in [0.29, 0.717) is 5.25 Å². The average Bonchev–Trinajstić information content (AvgIpc) is 2.15. The van der Waals surface area contributed by atoms with Crippen molar-refractivity contribution < 1.29 is 5.11 Å². The van der Waals surface area contributed by atoms with Crippen LogP contribution in [0, 0.1) is 0 Å². The van der Waals surface area contributed by atoms with Crippen LogP contribution in [0.4, 0.5) is 0 Å². The van der Waals surface area contributed by atoms with Crippen molar-refractivity contribution in [1.82, 2.24) is 0 Å². The van der Waals surface area contributed by atoms with Gasteiger partial charge in [0.25, 0.3) is 0 Å². The molecule has 1 rings (SSSR count). The molecule has 0 spiro atoms. The molecule has 0 aromatic heterocycles. The maximum absolute atomic E-state index is 9.21. The number of benzene rings is 1. The minimum atomic E-state index is 0.215. The Bertz CT molecular complexity index is 233. The van der Waals surface area contributed by atoms with Gasteiger partial charge in [-0.1, -0.05) is 44.2 Å². The smallest absolute Gasteiger partial charge is 0.0591 e. The second kappa shape index (κ2) is 5.30. The van der Waals surface area contributed by atoms with Gasteiger partial charge in [0, 0.05) is 0 Å². The first kappa shape index (κ1) is 10.6. The summed E-state index contributed by atoms with van der Waals surface area (Å²) < 4.78 is 0. The Balaban J connectivity index is 2.67. The van der Waals surface area contributed by atoms with E-state index in [-0.39, 0.29) is 11.9 Å².